The summed E-state index contributed by atoms with van der Waals surface area (Å²) >= 11 is 0.801. The fourth-order valence-electron chi connectivity index (χ4n) is 4.09. The van der Waals surface area contributed by atoms with Crippen LogP contribution in [0.15, 0.2) is 47.4 Å². The molecule has 194 valence electrons. The standard InChI is InChI=1S/C26H27N3O7S/c1-2-35-22-14-18(9-10-21(22)36-17-19-7-6-8-20(13-19)29(33)34)15-23-25(31)28(26(32)37-23)16-24(30)27-11-4-3-5-12-27/h6-10,13-15H,2-5,11-12,16-17H2,1H3/b23-15+. The lowest BCUT2D eigenvalue weighted by Gasteiger charge is -2.27. The van der Waals surface area contributed by atoms with Crippen LogP contribution < -0.4 is 9.47 Å². The predicted molar refractivity (Wildman–Crippen MR) is 138 cm³/mol. The van der Waals surface area contributed by atoms with Crippen LogP contribution in [0, 0.1) is 10.1 Å². The Kier molecular flexibility index (Phi) is 8.44. The number of non-ortho nitro benzene ring substituents is 1. The van der Waals surface area contributed by atoms with Crippen LogP contribution in [0.1, 0.15) is 37.3 Å². The molecule has 2 aliphatic rings. The van der Waals surface area contributed by atoms with Gasteiger partial charge in [0.25, 0.3) is 16.8 Å². The average Bonchev–Trinajstić information content (AvgIpc) is 3.16. The number of carbonyl (C=O) groups excluding carboxylic acids is 3. The number of ether oxygens (including phenoxy) is 2. The number of benzene rings is 2. The minimum atomic E-state index is -0.496. The molecule has 0 N–H and O–H groups in total. The maximum absolute atomic E-state index is 12.9. The number of rotatable bonds is 9. The molecule has 0 spiro atoms. The third-order valence-electron chi connectivity index (χ3n) is 5.96. The summed E-state index contributed by atoms with van der Waals surface area (Å²) in [7, 11) is 0. The Morgan fingerprint density at radius 1 is 1.08 bits per heavy atom. The molecular weight excluding hydrogens is 498 g/mol. The van der Waals surface area contributed by atoms with Crippen molar-refractivity contribution < 1.29 is 28.8 Å². The van der Waals surface area contributed by atoms with Gasteiger partial charge in [-0.2, -0.15) is 0 Å². The molecule has 2 aromatic rings. The minimum Gasteiger partial charge on any atom is -0.490 e. The van der Waals surface area contributed by atoms with Crippen molar-refractivity contribution in [3.8, 4) is 11.5 Å². The van der Waals surface area contributed by atoms with E-state index in [0.717, 1.165) is 35.9 Å². The van der Waals surface area contributed by atoms with Gasteiger partial charge < -0.3 is 14.4 Å². The molecule has 2 heterocycles. The van der Waals surface area contributed by atoms with Gasteiger partial charge in [0.2, 0.25) is 5.91 Å². The number of hydrogen-bond donors (Lipinski definition) is 0. The first-order valence-electron chi connectivity index (χ1n) is 12.0. The third kappa shape index (κ3) is 6.48. The molecule has 0 unspecified atom stereocenters. The summed E-state index contributed by atoms with van der Waals surface area (Å²) in [5.74, 6) is 0.156. The van der Waals surface area contributed by atoms with Gasteiger partial charge >= 0.3 is 0 Å². The van der Waals surface area contributed by atoms with Gasteiger partial charge in [-0.1, -0.05) is 18.2 Å². The molecule has 0 saturated carbocycles. The van der Waals surface area contributed by atoms with Crippen LogP contribution in [0.3, 0.4) is 0 Å². The molecule has 0 radical (unpaired) electrons. The molecule has 37 heavy (non-hydrogen) atoms. The van der Waals surface area contributed by atoms with E-state index in [4.69, 9.17) is 9.47 Å². The first kappa shape index (κ1) is 26.2. The Morgan fingerprint density at radius 3 is 2.59 bits per heavy atom. The molecule has 2 aliphatic heterocycles. The van der Waals surface area contributed by atoms with Gasteiger partial charge in [0, 0.05) is 25.2 Å². The zero-order valence-corrected chi connectivity index (χ0v) is 21.2. The number of carbonyl (C=O) groups is 3. The van der Waals surface area contributed by atoms with E-state index in [1.807, 2.05) is 6.92 Å². The van der Waals surface area contributed by atoms with E-state index in [1.165, 1.54) is 12.1 Å². The van der Waals surface area contributed by atoms with E-state index in [9.17, 15) is 24.5 Å². The number of nitro benzene ring substituents is 1. The zero-order valence-electron chi connectivity index (χ0n) is 20.4. The number of thioether (sulfide) groups is 1. The highest BCUT2D eigenvalue weighted by Gasteiger charge is 2.37. The second-order valence-corrected chi connectivity index (χ2v) is 9.56. The average molecular weight is 526 g/mol. The first-order valence-corrected chi connectivity index (χ1v) is 12.8. The molecule has 2 saturated heterocycles. The smallest absolute Gasteiger partial charge is 0.294 e. The Morgan fingerprint density at radius 2 is 1.86 bits per heavy atom. The molecule has 2 fully saturated rings. The van der Waals surface area contributed by atoms with Crippen molar-refractivity contribution in [2.24, 2.45) is 0 Å². The van der Waals surface area contributed by atoms with Gasteiger partial charge in [0.15, 0.2) is 11.5 Å². The van der Waals surface area contributed by atoms with Gasteiger partial charge in [-0.05, 0) is 67.3 Å². The van der Waals surface area contributed by atoms with Crippen molar-refractivity contribution >= 4 is 40.6 Å². The van der Waals surface area contributed by atoms with E-state index >= 15 is 0 Å². The Balaban J connectivity index is 1.46. The van der Waals surface area contributed by atoms with E-state index in [2.05, 4.69) is 0 Å². The van der Waals surface area contributed by atoms with E-state index in [-0.39, 0.29) is 29.7 Å². The van der Waals surface area contributed by atoms with Crippen LogP contribution in [0.25, 0.3) is 6.08 Å². The highest BCUT2D eigenvalue weighted by atomic mass is 32.2. The summed E-state index contributed by atoms with van der Waals surface area (Å²) in [4.78, 5) is 51.4. The van der Waals surface area contributed by atoms with Gasteiger partial charge in [-0.25, -0.2) is 0 Å². The topological polar surface area (TPSA) is 119 Å². The molecule has 0 aromatic heterocycles. The molecule has 0 bridgehead atoms. The van der Waals surface area contributed by atoms with Gasteiger partial charge in [0.1, 0.15) is 13.2 Å². The van der Waals surface area contributed by atoms with Gasteiger partial charge in [0.05, 0.1) is 16.4 Å². The summed E-state index contributed by atoms with van der Waals surface area (Å²) < 4.78 is 11.5. The number of nitro groups is 1. The number of nitrogens with zero attached hydrogens (tertiary/aromatic N) is 3. The highest BCUT2D eigenvalue weighted by molar-refractivity contribution is 8.18. The van der Waals surface area contributed by atoms with Crippen molar-refractivity contribution in [1.82, 2.24) is 9.80 Å². The molecule has 4 rings (SSSR count). The number of piperidine rings is 1. The fourth-order valence-corrected chi connectivity index (χ4v) is 4.93. The van der Waals surface area contributed by atoms with Crippen molar-refractivity contribution in [3.05, 3.63) is 68.6 Å². The summed E-state index contributed by atoms with van der Waals surface area (Å²) in [6.45, 7) is 3.34. The largest absolute Gasteiger partial charge is 0.490 e. The Hall–Kier alpha value is -3.86. The van der Waals surface area contributed by atoms with Gasteiger partial charge in [-0.15, -0.1) is 0 Å². The maximum atomic E-state index is 12.9. The molecule has 2 aromatic carbocycles. The van der Waals surface area contributed by atoms with E-state index in [1.54, 1.807) is 41.3 Å². The Labute approximate surface area is 218 Å². The second kappa shape index (κ2) is 11.9. The van der Waals surface area contributed by atoms with Crippen LogP contribution in [0.4, 0.5) is 10.5 Å². The molecule has 10 nitrogen and oxygen atoms in total. The van der Waals surface area contributed by atoms with Crippen LogP contribution >= 0.6 is 11.8 Å². The monoisotopic (exact) mass is 525 g/mol. The molecule has 3 amide bonds. The van der Waals surface area contributed by atoms with E-state index < -0.39 is 16.1 Å². The summed E-state index contributed by atoms with van der Waals surface area (Å²) in [5.41, 5.74) is 1.24. The summed E-state index contributed by atoms with van der Waals surface area (Å²) in [5, 5.41) is 10.5. The number of likely N-dealkylation sites (tertiary alicyclic amines) is 1. The van der Waals surface area contributed by atoms with Crippen LogP contribution in [-0.4, -0.2) is 58.0 Å². The lowest BCUT2D eigenvalue weighted by Crippen LogP contribution is -2.44. The number of imide groups is 1. The number of amides is 3. The highest BCUT2D eigenvalue weighted by Crippen LogP contribution is 2.35. The van der Waals surface area contributed by atoms with Crippen molar-refractivity contribution in [2.75, 3.05) is 26.2 Å². The van der Waals surface area contributed by atoms with Crippen molar-refractivity contribution in [2.45, 2.75) is 32.8 Å². The SMILES string of the molecule is CCOc1cc(/C=C2/SC(=O)N(CC(=O)N3CCCCC3)C2=O)ccc1OCc1cccc([N+](=O)[O-])c1. The number of hydrogen-bond acceptors (Lipinski definition) is 8. The van der Waals surface area contributed by atoms with Crippen molar-refractivity contribution in [3.63, 3.8) is 0 Å². The first-order chi connectivity index (χ1) is 17.9. The summed E-state index contributed by atoms with van der Waals surface area (Å²) in [6.07, 6.45) is 4.53. The quantitative estimate of drug-likeness (QED) is 0.264. The zero-order chi connectivity index (χ0) is 26.4. The van der Waals surface area contributed by atoms with Gasteiger partial charge in [-0.3, -0.25) is 29.4 Å². The molecular formula is C26H27N3O7S. The minimum absolute atomic E-state index is 0.0203. The normalized spacial score (nSPS) is 16.8. The predicted octanol–water partition coefficient (Wildman–Crippen LogP) is 4.62. The van der Waals surface area contributed by atoms with Crippen LogP contribution in [-0.2, 0) is 16.2 Å². The van der Waals surface area contributed by atoms with Crippen LogP contribution in [0.2, 0.25) is 0 Å². The maximum Gasteiger partial charge on any atom is 0.294 e. The second-order valence-electron chi connectivity index (χ2n) is 8.56. The van der Waals surface area contributed by atoms with Crippen molar-refractivity contribution in [1.29, 1.82) is 0 Å². The Bertz CT molecular complexity index is 1240. The third-order valence-corrected chi connectivity index (χ3v) is 6.86. The lowest BCUT2D eigenvalue weighted by molar-refractivity contribution is -0.384. The lowest BCUT2D eigenvalue weighted by atomic mass is 10.1. The molecule has 11 heteroatoms. The van der Waals surface area contributed by atoms with Crippen LogP contribution in [0.5, 0.6) is 11.5 Å². The molecule has 0 atom stereocenters. The summed E-state index contributed by atoms with van der Waals surface area (Å²) in [6, 6.07) is 11.3. The molecule has 0 aliphatic carbocycles. The fraction of sp³-hybridized carbons (Fsp3) is 0.346. The van der Waals surface area contributed by atoms with E-state index in [0.29, 0.717) is 42.3 Å².